The predicted molar refractivity (Wildman–Crippen MR) is 134 cm³/mol. The van der Waals surface area contributed by atoms with Crippen molar-refractivity contribution in [2.45, 2.75) is 45.9 Å². The molecule has 1 amide bonds. The fourth-order valence-electron chi connectivity index (χ4n) is 3.22. The van der Waals surface area contributed by atoms with E-state index >= 15 is 0 Å². The lowest BCUT2D eigenvalue weighted by atomic mass is 10.2. The molecule has 8 nitrogen and oxygen atoms in total. The third-order valence-corrected chi connectivity index (χ3v) is 5.26. The number of carbonyl (C=O) groups excluding carboxylic acids is 1. The number of carbonyl (C=O) groups is 1. The van der Waals surface area contributed by atoms with Crippen molar-refractivity contribution in [2.75, 3.05) is 6.61 Å². The van der Waals surface area contributed by atoms with Crippen molar-refractivity contribution >= 4 is 30.7 Å². The van der Waals surface area contributed by atoms with Crippen molar-refractivity contribution in [1.29, 1.82) is 0 Å². The van der Waals surface area contributed by atoms with Gasteiger partial charge in [-0.15, -0.1) is 24.8 Å². The molecule has 12 heteroatoms. The van der Waals surface area contributed by atoms with Gasteiger partial charge in [-0.2, -0.15) is 8.78 Å². The number of amides is 1. The van der Waals surface area contributed by atoms with Gasteiger partial charge in [-0.1, -0.05) is 6.07 Å². The van der Waals surface area contributed by atoms with Crippen LogP contribution in [0.15, 0.2) is 40.9 Å². The third kappa shape index (κ3) is 7.52. The largest absolute Gasteiger partial charge is 0.489 e. The standard InChI is InChI=1S/C24H26F2N4O4.2ClH/c1-13-3-7-17(28-10-13)11-29-22(31)20-21(14(2)27)34-23(30-20)16-6-8-18(33-24(25)26)19(9-16)32-12-15-4-5-15;;/h3,6-10,14-15,24H,4-5,11-12,27H2,1-2H3,(H,29,31);2*1H/t14-;;/m0../s1. The molecule has 1 fully saturated rings. The SMILES string of the molecule is Cc1ccc(CNC(=O)c2nc(-c3ccc(OC(F)F)c(OCC4CC4)c3)oc2[C@H](C)N)nc1.Cl.Cl. The van der Waals surface area contributed by atoms with Crippen LogP contribution in [-0.4, -0.2) is 29.1 Å². The fraction of sp³-hybridized carbons (Fsp3) is 0.375. The van der Waals surface area contributed by atoms with Gasteiger partial charge in [-0.25, -0.2) is 4.98 Å². The second-order valence-electron chi connectivity index (χ2n) is 8.32. The quantitative estimate of drug-likeness (QED) is 0.359. The number of aromatic nitrogens is 2. The molecule has 1 aliphatic rings. The molecule has 0 bridgehead atoms. The molecular formula is C24H28Cl2F2N4O4. The van der Waals surface area contributed by atoms with E-state index in [9.17, 15) is 13.6 Å². The van der Waals surface area contributed by atoms with E-state index in [0.717, 1.165) is 18.4 Å². The first kappa shape index (κ1) is 29.3. The van der Waals surface area contributed by atoms with E-state index in [1.54, 1.807) is 13.1 Å². The Bertz CT molecular complexity index is 1160. The monoisotopic (exact) mass is 544 g/mol. The van der Waals surface area contributed by atoms with Crippen molar-refractivity contribution in [1.82, 2.24) is 15.3 Å². The van der Waals surface area contributed by atoms with Crippen LogP contribution in [0.2, 0.25) is 0 Å². The van der Waals surface area contributed by atoms with Gasteiger partial charge in [0.15, 0.2) is 23.0 Å². The van der Waals surface area contributed by atoms with Crippen molar-refractivity contribution in [2.24, 2.45) is 11.7 Å². The summed E-state index contributed by atoms with van der Waals surface area (Å²) in [6.45, 7) is 1.22. The zero-order valence-electron chi connectivity index (χ0n) is 19.7. The van der Waals surface area contributed by atoms with Gasteiger partial charge in [-0.3, -0.25) is 9.78 Å². The molecule has 3 N–H and O–H groups in total. The average Bonchev–Trinajstić information content (AvgIpc) is 3.52. The van der Waals surface area contributed by atoms with Crippen LogP contribution in [0.3, 0.4) is 0 Å². The predicted octanol–water partition coefficient (Wildman–Crippen LogP) is 5.23. The number of nitrogens with two attached hydrogens (primary N) is 1. The average molecular weight is 545 g/mol. The molecule has 2 heterocycles. The van der Waals surface area contributed by atoms with E-state index in [1.165, 1.54) is 18.2 Å². The molecule has 0 saturated heterocycles. The van der Waals surface area contributed by atoms with Gasteiger partial charge in [0.2, 0.25) is 5.89 Å². The van der Waals surface area contributed by atoms with E-state index in [0.29, 0.717) is 23.8 Å². The number of nitrogens with zero attached hydrogens (tertiary/aromatic N) is 2. The number of oxazole rings is 1. The summed E-state index contributed by atoms with van der Waals surface area (Å²) in [6.07, 6.45) is 3.80. The first-order valence-electron chi connectivity index (χ1n) is 11.0. The van der Waals surface area contributed by atoms with Gasteiger partial charge in [0, 0.05) is 11.8 Å². The number of aryl methyl sites for hydroxylation is 1. The van der Waals surface area contributed by atoms with Crippen LogP contribution in [-0.2, 0) is 6.54 Å². The molecule has 1 atom stereocenters. The van der Waals surface area contributed by atoms with Crippen LogP contribution in [0.25, 0.3) is 11.5 Å². The normalized spacial score (nSPS) is 13.4. The number of rotatable bonds is 10. The Morgan fingerprint density at radius 2 is 1.97 bits per heavy atom. The van der Waals surface area contributed by atoms with Crippen molar-refractivity contribution < 1.29 is 27.5 Å². The summed E-state index contributed by atoms with van der Waals surface area (Å²) in [5, 5.41) is 2.77. The van der Waals surface area contributed by atoms with E-state index in [2.05, 4.69) is 20.0 Å². The first-order valence-corrected chi connectivity index (χ1v) is 11.0. The summed E-state index contributed by atoms with van der Waals surface area (Å²) in [7, 11) is 0. The number of ether oxygens (including phenoxy) is 2. The molecule has 1 aliphatic carbocycles. The lowest BCUT2D eigenvalue weighted by Crippen LogP contribution is -2.25. The molecule has 1 saturated carbocycles. The Morgan fingerprint density at radius 3 is 2.58 bits per heavy atom. The molecule has 3 aromatic rings. The number of benzene rings is 1. The molecule has 196 valence electrons. The maximum atomic E-state index is 12.8. The molecule has 0 spiro atoms. The second-order valence-corrected chi connectivity index (χ2v) is 8.32. The van der Waals surface area contributed by atoms with Gasteiger partial charge < -0.3 is 24.9 Å². The number of halogens is 4. The minimum Gasteiger partial charge on any atom is -0.489 e. The van der Waals surface area contributed by atoms with E-state index in [4.69, 9.17) is 14.9 Å². The summed E-state index contributed by atoms with van der Waals surface area (Å²) in [4.78, 5) is 21.4. The van der Waals surface area contributed by atoms with Gasteiger partial charge in [0.25, 0.3) is 5.91 Å². The first-order chi connectivity index (χ1) is 16.3. The lowest BCUT2D eigenvalue weighted by molar-refractivity contribution is -0.0515. The van der Waals surface area contributed by atoms with Gasteiger partial charge in [0.1, 0.15) is 0 Å². The van der Waals surface area contributed by atoms with Gasteiger partial charge in [0.05, 0.1) is 24.9 Å². The molecule has 2 aromatic heterocycles. The van der Waals surface area contributed by atoms with Crippen molar-refractivity contribution in [3.05, 3.63) is 59.2 Å². The minimum atomic E-state index is -2.99. The number of hydrogen-bond acceptors (Lipinski definition) is 7. The Hall–Kier alpha value is -2.95. The van der Waals surface area contributed by atoms with Crippen molar-refractivity contribution in [3.8, 4) is 23.0 Å². The number of alkyl halides is 2. The Balaban J connectivity index is 0.00000228. The van der Waals surface area contributed by atoms with E-state index in [1.807, 2.05) is 19.1 Å². The smallest absolute Gasteiger partial charge is 0.387 e. The molecular weight excluding hydrogens is 517 g/mol. The number of pyridine rings is 1. The van der Waals surface area contributed by atoms with Crippen LogP contribution < -0.4 is 20.5 Å². The molecule has 4 rings (SSSR count). The molecule has 1 aromatic carbocycles. The van der Waals surface area contributed by atoms with Crippen LogP contribution in [0.5, 0.6) is 11.5 Å². The molecule has 0 aliphatic heterocycles. The molecule has 0 unspecified atom stereocenters. The minimum absolute atomic E-state index is 0. The third-order valence-electron chi connectivity index (χ3n) is 5.26. The second kappa shape index (κ2) is 12.8. The highest BCUT2D eigenvalue weighted by atomic mass is 35.5. The summed E-state index contributed by atoms with van der Waals surface area (Å²) in [6, 6.07) is 7.50. The van der Waals surface area contributed by atoms with Crippen LogP contribution in [0.4, 0.5) is 8.78 Å². The summed E-state index contributed by atoms with van der Waals surface area (Å²) < 4.78 is 41.7. The van der Waals surface area contributed by atoms with Crippen LogP contribution in [0, 0.1) is 12.8 Å². The zero-order chi connectivity index (χ0) is 24.2. The molecule has 36 heavy (non-hydrogen) atoms. The highest BCUT2D eigenvalue weighted by molar-refractivity contribution is 5.93. The topological polar surface area (TPSA) is 112 Å². The Kier molecular flexibility index (Phi) is 10.4. The van der Waals surface area contributed by atoms with Crippen molar-refractivity contribution in [3.63, 3.8) is 0 Å². The summed E-state index contributed by atoms with van der Waals surface area (Å²) >= 11 is 0. The van der Waals surface area contributed by atoms with Gasteiger partial charge in [-0.05, 0) is 62.4 Å². The fourth-order valence-corrected chi connectivity index (χ4v) is 3.22. The zero-order valence-corrected chi connectivity index (χ0v) is 21.3. The Labute approximate surface area is 219 Å². The summed E-state index contributed by atoms with van der Waals surface area (Å²) in [5.74, 6) is 0.340. The maximum Gasteiger partial charge on any atom is 0.387 e. The highest BCUT2D eigenvalue weighted by Crippen LogP contribution is 2.37. The highest BCUT2D eigenvalue weighted by Gasteiger charge is 2.26. The maximum absolute atomic E-state index is 12.8. The van der Waals surface area contributed by atoms with E-state index in [-0.39, 0.29) is 60.2 Å². The van der Waals surface area contributed by atoms with Crippen LogP contribution >= 0.6 is 24.8 Å². The van der Waals surface area contributed by atoms with Crippen LogP contribution in [0.1, 0.15) is 53.3 Å². The lowest BCUT2D eigenvalue weighted by Gasteiger charge is -2.12. The molecule has 0 radical (unpaired) electrons. The summed E-state index contributed by atoms with van der Waals surface area (Å²) in [5.41, 5.74) is 8.20. The van der Waals surface area contributed by atoms with Gasteiger partial charge >= 0.3 is 6.61 Å². The Morgan fingerprint density at radius 1 is 1.22 bits per heavy atom. The number of hydrogen-bond donors (Lipinski definition) is 2. The number of nitrogens with one attached hydrogen (secondary N) is 1. The van der Waals surface area contributed by atoms with E-state index < -0.39 is 18.6 Å².